The molecule has 2 rings (SSSR count). The predicted octanol–water partition coefficient (Wildman–Crippen LogP) is -0.631. The van der Waals surface area contributed by atoms with Crippen LogP contribution in [-0.2, 0) is 46.5 Å². The molecule has 1 aromatic carbocycles. The Labute approximate surface area is 254 Å². The number of hydrogen-bond donors (Lipinski definition) is 6. The molecule has 0 aliphatic rings. The molecule has 2 aromatic rings. The van der Waals surface area contributed by atoms with Gasteiger partial charge in [0.25, 0.3) is 5.91 Å². The zero-order valence-corrected chi connectivity index (χ0v) is 24.9. The summed E-state index contributed by atoms with van der Waals surface area (Å²) in [6.45, 7) is 4.84. The van der Waals surface area contributed by atoms with Crippen molar-refractivity contribution in [3.63, 3.8) is 0 Å². The molecule has 0 aliphatic carbocycles. The number of imidazole rings is 1. The van der Waals surface area contributed by atoms with E-state index in [1.54, 1.807) is 49.1 Å². The highest BCUT2D eigenvalue weighted by atomic mass is 16.4. The molecule has 0 radical (unpaired) electrons. The predicted molar refractivity (Wildman–Crippen MR) is 157 cm³/mol. The van der Waals surface area contributed by atoms with Crippen molar-refractivity contribution in [3.05, 3.63) is 54.1 Å². The van der Waals surface area contributed by atoms with Crippen LogP contribution in [0.4, 0.5) is 0 Å². The summed E-state index contributed by atoms with van der Waals surface area (Å²) in [5, 5.41) is 21.4. The van der Waals surface area contributed by atoms with Gasteiger partial charge in [0.05, 0.1) is 31.2 Å². The van der Waals surface area contributed by atoms with Crippen molar-refractivity contribution in [2.24, 2.45) is 0 Å². The Kier molecular flexibility index (Phi) is 14.2. The van der Waals surface area contributed by atoms with Gasteiger partial charge < -0.3 is 36.3 Å². The number of amides is 5. The SMILES string of the molecule is CCCC(NC(=O)C(Cc1cn(CC)cn1)NC(=O)CNC(=O)CC)C(=O)C(=O)NCC(=O)NC(C(=O)O)c1ccccc1. The molecule has 3 unspecified atom stereocenters. The third kappa shape index (κ3) is 11.3. The molecule has 5 amide bonds. The first-order valence-corrected chi connectivity index (χ1v) is 14.2. The van der Waals surface area contributed by atoms with Crippen LogP contribution in [0.3, 0.4) is 0 Å². The van der Waals surface area contributed by atoms with Crippen molar-refractivity contribution in [1.29, 1.82) is 0 Å². The van der Waals surface area contributed by atoms with Gasteiger partial charge in [0, 0.05) is 25.6 Å². The molecule has 3 atom stereocenters. The van der Waals surface area contributed by atoms with Crippen LogP contribution in [0, 0.1) is 0 Å². The number of benzene rings is 1. The zero-order valence-electron chi connectivity index (χ0n) is 24.9. The van der Waals surface area contributed by atoms with Gasteiger partial charge in [-0.2, -0.15) is 0 Å². The van der Waals surface area contributed by atoms with Gasteiger partial charge in [-0.05, 0) is 18.9 Å². The normalized spacial score (nSPS) is 12.6. The molecular weight excluding hydrogens is 574 g/mol. The van der Waals surface area contributed by atoms with Gasteiger partial charge >= 0.3 is 5.97 Å². The van der Waals surface area contributed by atoms with Crippen LogP contribution in [0.25, 0.3) is 0 Å². The molecule has 15 heteroatoms. The molecule has 0 saturated heterocycles. The maximum atomic E-state index is 13.3. The fourth-order valence-corrected chi connectivity index (χ4v) is 4.03. The number of rotatable bonds is 18. The van der Waals surface area contributed by atoms with E-state index in [1.807, 2.05) is 6.92 Å². The lowest BCUT2D eigenvalue weighted by Crippen LogP contribution is -2.55. The van der Waals surface area contributed by atoms with Crippen molar-refractivity contribution in [3.8, 4) is 0 Å². The van der Waals surface area contributed by atoms with Crippen LogP contribution >= 0.6 is 0 Å². The zero-order chi connectivity index (χ0) is 32.6. The molecule has 44 heavy (non-hydrogen) atoms. The van der Waals surface area contributed by atoms with Crippen molar-refractivity contribution < 1.29 is 38.7 Å². The summed E-state index contributed by atoms with van der Waals surface area (Å²) in [7, 11) is 0. The molecule has 0 aliphatic heterocycles. The maximum Gasteiger partial charge on any atom is 0.330 e. The second kappa shape index (κ2) is 17.8. The number of carbonyl (C=O) groups is 7. The second-order valence-electron chi connectivity index (χ2n) is 9.80. The van der Waals surface area contributed by atoms with Crippen LogP contribution in [0.2, 0.25) is 0 Å². The van der Waals surface area contributed by atoms with Crippen molar-refractivity contribution in [2.45, 2.75) is 71.1 Å². The van der Waals surface area contributed by atoms with Gasteiger partial charge in [-0.15, -0.1) is 0 Å². The second-order valence-corrected chi connectivity index (χ2v) is 9.80. The number of Topliss-reactive ketones (excluding diaryl/α,β-unsaturated/α-hetero) is 1. The van der Waals surface area contributed by atoms with Crippen molar-refractivity contribution in [2.75, 3.05) is 13.1 Å². The van der Waals surface area contributed by atoms with Gasteiger partial charge in [-0.1, -0.05) is 50.6 Å². The third-order valence-electron chi connectivity index (χ3n) is 6.41. The largest absolute Gasteiger partial charge is 0.479 e. The Morgan fingerprint density at radius 3 is 2.09 bits per heavy atom. The summed E-state index contributed by atoms with van der Waals surface area (Å²) in [4.78, 5) is 91.3. The van der Waals surface area contributed by atoms with E-state index in [1.165, 1.54) is 12.1 Å². The van der Waals surface area contributed by atoms with E-state index >= 15 is 0 Å². The van der Waals surface area contributed by atoms with E-state index in [2.05, 4.69) is 31.6 Å². The summed E-state index contributed by atoms with van der Waals surface area (Å²) in [6.07, 6.45) is 3.89. The number of nitrogens with zero attached hydrogens (tertiary/aromatic N) is 2. The van der Waals surface area contributed by atoms with Gasteiger partial charge in [-0.25, -0.2) is 9.78 Å². The molecule has 238 valence electrons. The topological polar surface area (TPSA) is 218 Å². The Morgan fingerprint density at radius 1 is 0.841 bits per heavy atom. The fourth-order valence-electron chi connectivity index (χ4n) is 4.03. The van der Waals surface area contributed by atoms with E-state index in [0.29, 0.717) is 24.2 Å². The van der Waals surface area contributed by atoms with Gasteiger partial charge in [0.15, 0.2) is 6.04 Å². The molecule has 1 aromatic heterocycles. The summed E-state index contributed by atoms with van der Waals surface area (Å²) >= 11 is 0. The van der Waals surface area contributed by atoms with E-state index in [4.69, 9.17) is 0 Å². The Bertz CT molecular complexity index is 1330. The Hall–Kier alpha value is -5.08. The number of aliphatic carboxylic acids is 1. The average molecular weight is 614 g/mol. The highest BCUT2D eigenvalue weighted by molar-refractivity contribution is 6.38. The van der Waals surface area contributed by atoms with Crippen molar-refractivity contribution >= 4 is 41.3 Å². The summed E-state index contributed by atoms with van der Waals surface area (Å²) in [5.41, 5.74) is 0.805. The first kappa shape index (κ1) is 35.1. The van der Waals surface area contributed by atoms with Crippen LogP contribution < -0.4 is 26.6 Å². The number of ketones is 1. The number of hydrogen-bond acceptors (Lipinski definition) is 8. The number of carboxylic acids is 1. The highest BCUT2D eigenvalue weighted by Gasteiger charge is 2.31. The molecular formula is C29H39N7O8. The van der Waals surface area contributed by atoms with Gasteiger partial charge in [0.2, 0.25) is 29.4 Å². The molecule has 6 N–H and O–H groups in total. The Morgan fingerprint density at radius 2 is 1.50 bits per heavy atom. The van der Waals surface area contributed by atoms with Crippen LogP contribution in [0.1, 0.15) is 57.3 Å². The van der Waals surface area contributed by atoms with E-state index < -0.39 is 60.1 Å². The van der Waals surface area contributed by atoms with E-state index in [9.17, 15) is 38.7 Å². The van der Waals surface area contributed by atoms with E-state index in [0.717, 1.165) is 0 Å². The number of carboxylic acid groups (broad SMARTS) is 1. The number of carbonyl (C=O) groups excluding carboxylic acids is 6. The number of nitrogens with one attached hydrogen (secondary N) is 5. The van der Waals surface area contributed by atoms with Gasteiger partial charge in [-0.3, -0.25) is 28.8 Å². The lowest BCUT2D eigenvalue weighted by atomic mass is 10.0. The lowest BCUT2D eigenvalue weighted by Gasteiger charge is -2.22. The van der Waals surface area contributed by atoms with Crippen LogP contribution in [-0.4, -0.2) is 81.1 Å². The summed E-state index contributed by atoms with van der Waals surface area (Å²) in [5.74, 6) is -6.09. The minimum Gasteiger partial charge on any atom is -0.479 e. The van der Waals surface area contributed by atoms with Gasteiger partial charge in [0.1, 0.15) is 6.04 Å². The molecule has 0 saturated carbocycles. The van der Waals surface area contributed by atoms with Crippen LogP contribution in [0.15, 0.2) is 42.9 Å². The molecule has 0 fully saturated rings. The standard InChI is InChI=1S/C29H39N7O8/c1-4-10-20(26(40)28(42)31-15-24(39)35-25(29(43)44)18-11-8-7-9-12-18)34-27(41)21(13-19-16-36(6-3)17-32-19)33-23(38)14-30-22(37)5-2/h7-9,11-12,16-17,20-21,25H,4-6,10,13-15H2,1-3H3,(H,30,37)(H,31,42)(H,33,38)(H,34,41)(H,35,39)(H,43,44). The molecule has 0 spiro atoms. The highest BCUT2D eigenvalue weighted by Crippen LogP contribution is 2.12. The summed E-state index contributed by atoms with van der Waals surface area (Å²) in [6, 6.07) is 4.11. The molecule has 1 heterocycles. The first-order chi connectivity index (χ1) is 21.0. The first-order valence-electron chi connectivity index (χ1n) is 14.2. The fraction of sp³-hybridized carbons (Fsp3) is 0.448. The number of aromatic nitrogens is 2. The molecule has 15 nitrogen and oxygen atoms in total. The minimum absolute atomic E-state index is 0.0299. The Balaban J connectivity index is 2.07. The van der Waals surface area contributed by atoms with E-state index in [-0.39, 0.29) is 31.7 Å². The third-order valence-corrected chi connectivity index (χ3v) is 6.41. The van der Waals surface area contributed by atoms with Crippen molar-refractivity contribution in [1.82, 2.24) is 36.1 Å². The lowest BCUT2D eigenvalue weighted by molar-refractivity contribution is -0.142. The number of aryl methyl sites for hydroxylation is 1. The minimum atomic E-state index is -1.37. The quantitative estimate of drug-likeness (QED) is 0.118. The molecule has 0 bridgehead atoms. The maximum absolute atomic E-state index is 13.3. The monoisotopic (exact) mass is 613 g/mol. The smallest absolute Gasteiger partial charge is 0.330 e. The van der Waals surface area contributed by atoms with Crippen LogP contribution in [0.5, 0.6) is 0 Å². The summed E-state index contributed by atoms with van der Waals surface area (Å²) < 4.78 is 1.77. The average Bonchev–Trinajstić information content (AvgIpc) is 3.48.